The van der Waals surface area contributed by atoms with Crippen molar-refractivity contribution in [3.8, 4) is 0 Å². The highest BCUT2D eigenvalue weighted by Gasteiger charge is 2.33. The fourth-order valence-electron chi connectivity index (χ4n) is 4.07. The third kappa shape index (κ3) is 7.42. The first kappa shape index (κ1) is 28.4. The molecule has 0 unspecified atom stereocenters. The third-order valence-corrected chi connectivity index (χ3v) is 8.21. The van der Waals surface area contributed by atoms with E-state index in [2.05, 4.69) is 21.2 Å². The Bertz CT molecular complexity index is 1290. The van der Waals surface area contributed by atoms with Crippen molar-refractivity contribution in [2.45, 2.75) is 37.6 Å². The van der Waals surface area contributed by atoms with Crippen LogP contribution in [0.15, 0.2) is 94.3 Å². The average molecular weight is 587 g/mol. The zero-order valence-corrected chi connectivity index (χ0v) is 23.4. The van der Waals surface area contributed by atoms with Crippen molar-refractivity contribution < 1.29 is 18.0 Å². The number of benzene rings is 3. The molecule has 3 aromatic rings. The minimum absolute atomic E-state index is 0.0781. The Balaban J connectivity index is 1.99. The zero-order valence-electron chi connectivity index (χ0n) is 21.0. The molecule has 0 saturated carbocycles. The Morgan fingerprint density at radius 3 is 2.16 bits per heavy atom. The summed E-state index contributed by atoms with van der Waals surface area (Å²) in [5, 5.41) is 2.81. The predicted octanol–water partition coefficient (Wildman–Crippen LogP) is 4.63. The lowest BCUT2D eigenvalue weighted by Crippen LogP contribution is -2.53. The van der Waals surface area contributed by atoms with E-state index in [1.54, 1.807) is 42.5 Å². The second kappa shape index (κ2) is 13.4. The summed E-state index contributed by atoms with van der Waals surface area (Å²) in [5.41, 5.74) is 1.37. The Morgan fingerprint density at radius 1 is 0.919 bits per heavy atom. The molecule has 1 atom stereocenters. The molecule has 0 aromatic heterocycles. The molecule has 2 amide bonds. The second-order valence-electron chi connectivity index (χ2n) is 8.45. The van der Waals surface area contributed by atoms with Gasteiger partial charge in [0, 0.05) is 17.6 Å². The topological polar surface area (TPSA) is 86.8 Å². The first-order valence-electron chi connectivity index (χ1n) is 12.2. The summed E-state index contributed by atoms with van der Waals surface area (Å²) in [7, 11) is -4.07. The lowest BCUT2D eigenvalue weighted by molar-refractivity contribution is -0.139. The minimum atomic E-state index is -4.07. The molecule has 3 rings (SSSR count). The predicted molar refractivity (Wildman–Crippen MR) is 150 cm³/mol. The SMILES string of the molecule is CCNC(=O)[C@H](CC)N(CCc1ccccc1)C(=O)CN(c1cccc(Br)c1)S(=O)(=O)c1ccccc1. The van der Waals surface area contributed by atoms with Gasteiger partial charge in [-0.1, -0.05) is 77.5 Å². The first-order valence-corrected chi connectivity index (χ1v) is 14.5. The highest BCUT2D eigenvalue weighted by atomic mass is 79.9. The van der Waals surface area contributed by atoms with Crippen molar-refractivity contribution in [3.63, 3.8) is 0 Å². The van der Waals surface area contributed by atoms with Crippen LogP contribution in [0.2, 0.25) is 0 Å². The molecule has 196 valence electrons. The molecule has 0 aliphatic rings. The van der Waals surface area contributed by atoms with Gasteiger partial charge in [-0.15, -0.1) is 0 Å². The van der Waals surface area contributed by atoms with Gasteiger partial charge in [-0.3, -0.25) is 13.9 Å². The summed E-state index contributed by atoms with van der Waals surface area (Å²) >= 11 is 3.40. The number of anilines is 1. The molecule has 0 aliphatic carbocycles. The minimum Gasteiger partial charge on any atom is -0.355 e. The lowest BCUT2D eigenvalue weighted by Gasteiger charge is -2.33. The van der Waals surface area contributed by atoms with E-state index in [0.717, 1.165) is 9.87 Å². The van der Waals surface area contributed by atoms with E-state index in [1.807, 2.05) is 44.2 Å². The molecule has 7 nitrogen and oxygen atoms in total. The van der Waals surface area contributed by atoms with Gasteiger partial charge < -0.3 is 10.2 Å². The van der Waals surface area contributed by atoms with Gasteiger partial charge in [0.1, 0.15) is 12.6 Å². The van der Waals surface area contributed by atoms with Gasteiger partial charge in [0.2, 0.25) is 11.8 Å². The van der Waals surface area contributed by atoms with Gasteiger partial charge in [-0.2, -0.15) is 0 Å². The summed E-state index contributed by atoms with van der Waals surface area (Å²) < 4.78 is 29.2. The quantitative estimate of drug-likeness (QED) is 0.336. The molecule has 0 heterocycles. The number of nitrogens with zero attached hydrogens (tertiary/aromatic N) is 2. The molecule has 0 spiro atoms. The Labute approximate surface area is 227 Å². The van der Waals surface area contributed by atoms with Crippen molar-refractivity contribution in [1.82, 2.24) is 10.2 Å². The molecule has 0 aliphatic heterocycles. The molecule has 0 fully saturated rings. The molecular formula is C28H32BrN3O4S. The molecule has 37 heavy (non-hydrogen) atoms. The van der Waals surface area contributed by atoms with E-state index in [9.17, 15) is 18.0 Å². The Morgan fingerprint density at radius 2 is 1.57 bits per heavy atom. The number of sulfonamides is 1. The standard InChI is InChI=1S/C28H32BrN3O4S/c1-3-26(28(34)30-4-2)31(19-18-22-12-7-5-8-13-22)27(33)21-32(24-15-11-14-23(29)20-24)37(35,36)25-16-9-6-10-17-25/h5-17,20,26H,3-4,18-19,21H2,1-2H3,(H,30,34)/t26-/m0/s1. The molecule has 0 saturated heterocycles. The fourth-order valence-corrected chi connectivity index (χ4v) is 5.88. The number of rotatable bonds is 12. The van der Waals surface area contributed by atoms with E-state index in [0.29, 0.717) is 29.5 Å². The Kier molecular flexibility index (Phi) is 10.3. The second-order valence-corrected chi connectivity index (χ2v) is 11.2. The maximum absolute atomic E-state index is 13.8. The fraction of sp³-hybridized carbons (Fsp3) is 0.286. The number of amides is 2. The van der Waals surface area contributed by atoms with E-state index >= 15 is 0 Å². The summed E-state index contributed by atoms with van der Waals surface area (Å²) in [4.78, 5) is 28.3. The van der Waals surface area contributed by atoms with Gasteiger partial charge in [0.25, 0.3) is 10.0 Å². The molecule has 0 bridgehead atoms. The van der Waals surface area contributed by atoms with Gasteiger partial charge in [-0.25, -0.2) is 8.42 Å². The average Bonchev–Trinajstić information content (AvgIpc) is 2.90. The van der Waals surface area contributed by atoms with Crippen molar-refractivity contribution in [2.24, 2.45) is 0 Å². The van der Waals surface area contributed by atoms with E-state index in [4.69, 9.17) is 0 Å². The number of carbonyl (C=O) groups is 2. The van der Waals surface area contributed by atoms with Crippen molar-refractivity contribution in [3.05, 3.63) is 95.0 Å². The van der Waals surface area contributed by atoms with Crippen LogP contribution in [0.4, 0.5) is 5.69 Å². The van der Waals surface area contributed by atoms with Crippen LogP contribution in [-0.2, 0) is 26.0 Å². The van der Waals surface area contributed by atoms with Gasteiger partial charge in [0.15, 0.2) is 0 Å². The molecule has 9 heteroatoms. The van der Waals surface area contributed by atoms with E-state index in [-0.39, 0.29) is 17.3 Å². The number of halogens is 1. The number of hydrogen-bond acceptors (Lipinski definition) is 4. The van der Waals surface area contributed by atoms with Crippen LogP contribution in [-0.4, -0.2) is 50.8 Å². The molecule has 1 N–H and O–H groups in total. The van der Waals surface area contributed by atoms with Crippen molar-refractivity contribution >= 4 is 43.5 Å². The van der Waals surface area contributed by atoms with Crippen molar-refractivity contribution in [2.75, 3.05) is 23.9 Å². The lowest BCUT2D eigenvalue weighted by atomic mass is 10.1. The number of likely N-dealkylation sites (N-methyl/N-ethyl adjacent to an activating group) is 1. The van der Waals surface area contributed by atoms with Crippen LogP contribution in [0.25, 0.3) is 0 Å². The molecule has 3 aromatic carbocycles. The maximum Gasteiger partial charge on any atom is 0.264 e. The van der Waals surface area contributed by atoms with Gasteiger partial charge in [-0.05, 0) is 55.7 Å². The first-order chi connectivity index (χ1) is 17.8. The maximum atomic E-state index is 13.8. The Hall–Kier alpha value is -3.17. The van der Waals surface area contributed by atoms with E-state index < -0.39 is 28.5 Å². The number of nitrogens with one attached hydrogen (secondary N) is 1. The van der Waals surface area contributed by atoms with Gasteiger partial charge >= 0.3 is 0 Å². The smallest absolute Gasteiger partial charge is 0.264 e. The molecule has 0 radical (unpaired) electrons. The monoisotopic (exact) mass is 585 g/mol. The highest BCUT2D eigenvalue weighted by Crippen LogP contribution is 2.27. The number of carbonyl (C=O) groups excluding carboxylic acids is 2. The zero-order chi connectivity index (χ0) is 26.8. The van der Waals surface area contributed by atoms with Gasteiger partial charge in [0.05, 0.1) is 10.6 Å². The van der Waals surface area contributed by atoms with Crippen LogP contribution in [0.5, 0.6) is 0 Å². The highest BCUT2D eigenvalue weighted by molar-refractivity contribution is 9.10. The number of hydrogen-bond donors (Lipinski definition) is 1. The van der Waals surface area contributed by atoms with Crippen LogP contribution >= 0.6 is 15.9 Å². The van der Waals surface area contributed by atoms with E-state index in [1.165, 1.54) is 17.0 Å². The summed E-state index contributed by atoms with van der Waals surface area (Å²) in [6.07, 6.45) is 0.930. The largest absolute Gasteiger partial charge is 0.355 e. The van der Waals surface area contributed by atoms with Crippen LogP contribution < -0.4 is 9.62 Å². The summed E-state index contributed by atoms with van der Waals surface area (Å²) in [6, 6.07) is 23.8. The molecular weight excluding hydrogens is 554 g/mol. The summed E-state index contributed by atoms with van der Waals surface area (Å²) in [6.45, 7) is 3.93. The normalized spacial score (nSPS) is 12.0. The third-order valence-electron chi connectivity index (χ3n) is 5.93. The summed E-state index contributed by atoms with van der Waals surface area (Å²) in [5.74, 6) is -0.708. The van der Waals surface area contributed by atoms with Crippen LogP contribution in [0.1, 0.15) is 25.8 Å². The van der Waals surface area contributed by atoms with Crippen molar-refractivity contribution in [1.29, 1.82) is 0 Å². The van der Waals surface area contributed by atoms with Crippen LogP contribution in [0, 0.1) is 0 Å². The van der Waals surface area contributed by atoms with Crippen LogP contribution in [0.3, 0.4) is 0 Å².